The van der Waals surface area contributed by atoms with Crippen LogP contribution in [0.4, 0.5) is 17.1 Å². The van der Waals surface area contributed by atoms with Gasteiger partial charge in [0.15, 0.2) is 0 Å². The molecule has 3 N–H and O–H groups in total. The van der Waals surface area contributed by atoms with Crippen LogP contribution in [0.25, 0.3) is 0 Å². The normalized spacial score (nSPS) is 21.5. The zero-order valence-corrected chi connectivity index (χ0v) is 17.1. The van der Waals surface area contributed by atoms with Crippen molar-refractivity contribution in [1.82, 2.24) is 0 Å². The average Bonchev–Trinajstić information content (AvgIpc) is 3.20. The number of rotatable bonds is 5. The molecule has 0 aromatic heterocycles. The molecule has 8 heteroatoms. The smallest absolute Gasteiger partial charge is 0.270 e. The van der Waals surface area contributed by atoms with E-state index in [0.29, 0.717) is 28.4 Å². The number of anilines is 2. The third-order valence-electron chi connectivity index (χ3n) is 5.78. The summed E-state index contributed by atoms with van der Waals surface area (Å²) in [4.78, 5) is 23.0. The molecule has 2 aliphatic rings. The maximum Gasteiger partial charge on any atom is 0.270 e. The van der Waals surface area contributed by atoms with Crippen LogP contribution in [0.5, 0.6) is 5.75 Å². The van der Waals surface area contributed by atoms with Crippen LogP contribution in [0.1, 0.15) is 49.3 Å². The van der Waals surface area contributed by atoms with Gasteiger partial charge in [0.1, 0.15) is 5.75 Å². The van der Waals surface area contributed by atoms with Crippen molar-refractivity contribution < 1.29 is 14.8 Å². The van der Waals surface area contributed by atoms with Gasteiger partial charge in [-0.2, -0.15) is 0 Å². The predicted octanol–water partition coefficient (Wildman–Crippen LogP) is 5.52. The Hall–Kier alpha value is -3.06. The van der Waals surface area contributed by atoms with Crippen molar-refractivity contribution in [3.63, 3.8) is 0 Å². The summed E-state index contributed by atoms with van der Waals surface area (Å²) in [6, 6.07) is 7.22. The second kappa shape index (κ2) is 7.99. The number of amides is 1. The minimum absolute atomic E-state index is 0.00396. The third kappa shape index (κ3) is 3.50. The number of aromatic hydroxyl groups is 1. The standard InChI is InChI=1S/C22H22ClN3O4/c1-2-4-19(28)24-17-9-8-16(23)22-20(17)13-5-3-6-14(13)21(25-22)15-11-12(26(29)30)7-10-18(15)27/h3,5,7-11,13-14,21,25,27H,2,4,6H2,1H3,(H,24,28). The van der Waals surface area contributed by atoms with E-state index in [2.05, 4.69) is 22.8 Å². The first-order valence-corrected chi connectivity index (χ1v) is 10.3. The van der Waals surface area contributed by atoms with Crippen molar-refractivity contribution in [2.45, 2.75) is 38.1 Å². The lowest BCUT2D eigenvalue weighted by Crippen LogP contribution is -2.30. The van der Waals surface area contributed by atoms with E-state index in [4.69, 9.17) is 11.6 Å². The van der Waals surface area contributed by atoms with Crippen LogP contribution in [0, 0.1) is 16.0 Å². The van der Waals surface area contributed by atoms with Gasteiger partial charge in [-0.15, -0.1) is 0 Å². The molecule has 3 atom stereocenters. The lowest BCUT2D eigenvalue weighted by atomic mass is 9.76. The van der Waals surface area contributed by atoms with Crippen LogP contribution in [-0.2, 0) is 4.79 Å². The fraction of sp³-hybridized carbons (Fsp3) is 0.318. The van der Waals surface area contributed by atoms with Gasteiger partial charge in [0, 0.05) is 41.3 Å². The van der Waals surface area contributed by atoms with Crippen molar-refractivity contribution in [3.05, 3.63) is 68.7 Å². The Balaban J connectivity index is 1.80. The van der Waals surface area contributed by atoms with Gasteiger partial charge in [0.05, 0.1) is 21.7 Å². The maximum atomic E-state index is 12.2. The highest BCUT2D eigenvalue weighted by atomic mass is 35.5. The topological polar surface area (TPSA) is 104 Å². The van der Waals surface area contributed by atoms with Crippen molar-refractivity contribution >= 4 is 34.6 Å². The number of halogens is 1. The molecule has 0 spiro atoms. The summed E-state index contributed by atoms with van der Waals surface area (Å²) in [5.41, 5.74) is 2.68. The molecular formula is C22H22ClN3O4. The summed E-state index contributed by atoms with van der Waals surface area (Å²) in [5, 5.41) is 28.6. The number of non-ortho nitro benzene ring substituents is 1. The molecule has 156 valence electrons. The number of nitrogens with one attached hydrogen (secondary N) is 2. The number of fused-ring (bicyclic) bond motifs is 3. The van der Waals surface area contributed by atoms with Gasteiger partial charge in [-0.3, -0.25) is 14.9 Å². The van der Waals surface area contributed by atoms with Crippen LogP contribution in [0.15, 0.2) is 42.5 Å². The molecule has 1 aliphatic heterocycles. The molecule has 0 fully saturated rings. The third-order valence-corrected chi connectivity index (χ3v) is 6.09. The molecule has 1 aliphatic carbocycles. The fourth-order valence-electron chi connectivity index (χ4n) is 4.44. The minimum Gasteiger partial charge on any atom is -0.508 e. The number of phenols is 1. The van der Waals surface area contributed by atoms with E-state index in [1.165, 1.54) is 18.2 Å². The van der Waals surface area contributed by atoms with E-state index in [1.54, 1.807) is 6.07 Å². The molecule has 4 rings (SSSR count). The molecule has 0 bridgehead atoms. The number of nitro benzene ring substituents is 1. The Morgan fingerprint density at radius 2 is 2.17 bits per heavy atom. The summed E-state index contributed by atoms with van der Waals surface area (Å²) < 4.78 is 0. The van der Waals surface area contributed by atoms with Gasteiger partial charge in [-0.05, 0) is 37.0 Å². The van der Waals surface area contributed by atoms with E-state index in [-0.39, 0.29) is 35.2 Å². The van der Waals surface area contributed by atoms with Crippen LogP contribution in [0.3, 0.4) is 0 Å². The van der Waals surface area contributed by atoms with Crippen LogP contribution >= 0.6 is 11.6 Å². The highest BCUT2D eigenvalue weighted by molar-refractivity contribution is 6.33. The summed E-state index contributed by atoms with van der Waals surface area (Å²) in [6.45, 7) is 1.95. The van der Waals surface area contributed by atoms with Crippen molar-refractivity contribution in [3.8, 4) is 5.75 Å². The lowest BCUT2D eigenvalue weighted by molar-refractivity contribution is -0.385. The molecule has 2 aromatic carbocycles. The van der Waals surface area contributed by atoms with Gasteiger partial charge in [0.25, 0.3) is 5.69 Å². The minimum atomic E-state index is -0.474. The Kier molecular flexibility index (Phi) is 5.39. The SMILES string of the molecule is CCCC(=O)Nc1ccc(Cl)c2c1C1C=CCC1C(c1cc([N+](=O)[O-])ccc1O)N2. The monoisotopic (exact) mass is 427 g/mol. The molecular weight excluding hydrogens is 406 g/mol. The molecule has 2 aromatic rings. The van der Waals surface area contributed by atoms with E-state index < -0.39 is 4.92 Å². The number of nitrogens with zero attached hydrogens (tertiary/aromatic N) is 1. The quantitative estimate of drug-likeness (QED) is 0.331. The largest absolute Gasteiger partial charge is 0.508 e. The van der Waals surface area contributed by atoms with Crippen molar-refractivity contribution in [2.75, 3.05) is 10.6 Å². The van der Waals surface area contributed by atoms with Crippen LogP contribution in [0.2, 0.25) is 5.02 Å². The molecule has 0 saturated carbocycles. The summed E-state index contributed by atoms with van der Waals surface area (Å²) in [7, 11) is 0. The maximum absolute atomic E-state index is 12.2. The van der Waals surface area contributed by atoms with Gasteiger partial charge < -0.3 is 15.7 Å². The van der Waals surface area contributed by atoms with Crippen molar-refractivity contribution in [2.24, 2.45) is 5.92 Å². The zero-order valence-electron chi connectivity index (χ0n) is 16.4. The Bertz CT molecular complexity index is 1050. The second-order valence-electron chi connectivity index (χ2n) is 7.66. The Morgan fingerprint density at radius 3 is 2.90 bits per heavy atom. The van der Waals surface area contributed by atoms with Gasteiger partial charge in [-0.1, -0.05) is 30.7 Å². The van der Waals surface area contributed by atoms with E-state index in [9.17, 15) is 20.0 Å². The molecule has 3 unspecified atom stereocenters. The Labute approximate surface area is 178 Å². The molecule has 7 nitrogen and oxygen atoms in total. The highest BCUT2D eigenvalue weighted by Gasteiger charge is 2.41. The summed E-state index contributed by atoms with van der Waals surface area (Å²) in [6.07, 6.45) is 6.06. The van der Waals surface area contributed by atoms with Crippen molar-refractivity contribution in [1.29, 1.82) is 0 Å². The zero-order chi connectivity index (χ0) is 21.4. The number of hydrogen-bond acceptors (Lipinski definition) is 5. The summed E-state index contributed by atoms with van der Waals surface area (Å²) in [5.74, 6) is -0.0824. The number of allylic oxidation sites excluding steroid dienone is 2. The molecule has 1 amide bonds. The second-order valence-corrected chi connectivity index (χ2v) is 8.06. The highest BCUT2D eigenvalue weighted by Crippen LogP contribution is 2.55. The lowest BCUT2D eigenvalue weighted by Gasteiger charge is -2.39. The molecule has 1 heterocycles. The first-order chi connectivity index (χ1) is 14.4. The number of benzene rings is 2. The summed E-state index contributed by atoms with van der Waals surface area (Å²) >= 11 is 6.51. The number of hydrogen-bond donors (Lipinski definition) is 3. The fourth-order valence-corrected chi connectivity index (χ4v) is 4.65. The van der Waals surface area contributed by atoms with Gasteiger partial charge in [-0.25, -0.2) is 0 Å². The number of phenolic OH excluding ortho intramolecular Hbond substituents is 1. The van der Waals surface area contributed by atoms with E-state index in [1.807, 2.05) is 13.0 Å². The first-order valence-electron chi connectivity index (χ1n) is 9.93. The number of nitro groups is 1. The molecule has 0 saturated heterocycles. The van der Waals surface area contributed by atoms with E-state index in [0.717, 1.165) is 18.4 Å². The number of carbonyl (C=O) groups is 1. The van der Waals surface area contributed by atoms with Gasteiger partial charge in [0.2, 0.25) is 5.91 Å². The molecule has 30 heavy (non-hydrogen) atoms. The molecule has 0 radical (unpaired) electrons. The van der Waals surface area contributed by atoms with Gasteiger partial charge >= 0.3 is 0 Å². The number of carbonyl (C=O) groups excluding carboxylic acids is 1. The average molecular weight is 428 g/mol. The van der Waals surface area contributed by atoms with Crippen LogP contribution in [-0.4, -0.2) is 15.9 Å². The predicted molar refractivity (Wildman–Crippen MR) is 116 cm³/mol. The Morgan fingerprint density at radius 1 is 1.37 bits per heavy atom. The van der Waals surface area contributed by atoms with Crippen LogP contribution < -0.4 is 10.6 Å². The first kappa shape index (κ1) is 20.2. The van der Waals surface area contributed by atoms with E-state index >= 15 is 0 Å².